The summed E-state index contributed by atoms with van der Waals surface area (Å²) < 4.78 is 20.8. The van der Waals surface area contributed by atoms with Crippen LogP contribution in [0.15, 0.2) is 24.5 Å². The SMILES string of the molecule is CC(=O)N1CC(OC(=O)N(OC=O)c2cc3cc(-c4cnc5c(c4C)NCCC5)c(F)c(N)c3cn2)C1. The standard InChI is InChI=1S/C25H25FN6O5/c1-13-18(8-29-20-4-3-5-28-24(13)20)17-6-15-7-21(30-9-19(15)23(27)22(17)26)32(36-12-33)25(35)37-16-10-31(11-16)14(2)34/h6-9,12,16,28H,3-5,10-11,27H2,1-2H3. The molecule has 192 valence electrons. The summed E-state index contributed by atoms with van der Waals surface area (Å²) in [6.07, 6.45) is 3.22. The minimum Gasteiger partial charge on any atom is -0.440 e. The number of amides is 2. The van der Waals surface area contributed by atoms with Gasteiger partial charge in [0, 0.05) is 42.4 Å². The number of anilines is 3. The van der Waals surface area contributed by atoms with Gasteiger partial charge in [0.15, 0.2) is 11.6 Å². The number of fused-ring (bicyclic) bond motifs is 2. The predicted octanol–water partition coefficient (Wildman–Crippen LogP) is 2.95. The summed E-state index contributed by atoms with van der Waals surface area (Å²) in [5, 5.41) is 4.72. The van der Waals surface area contributed by atoms with Gasteiger partial charge in [0.2, 0.25) is 5.91 Å². The Morgan fingerprint density at radius 2 is 2.03 bits per heavy atom. The van der Waals surface area contributed by atoms with Crippen molar-refractivity contribution in [3.8, 4) is 11.1 Å². The molecular formula is C25H25FN6O5. The fourth-order valence-electron chi connectivity index (χ4n) is 4.61. The topological polar surface area (TPSA) is 140 Å². The lowest BCUT2D eigenvalue weighted by atomic mass is 9.95. The van der Waals surface area contributed by atoms with Crippen molar-refractivity contribution in [2.75, 3.05) is 35.7 Å². The van der Waals surface area contributed by atoms with Crippen molar-refractivity contribution in [2.24, 2.45) is 0 Å². The molecule has 0 saturated carbocycles. The molecule has 12 heteroatoms. The summed E-state index contributed by atoms with van der Waals surface area (Å²) in [7, 11) is 0. The number of aryl methyl sites for hydroxylation is 1. The van der Waals surface area contributed by atoms with Gasteiger partial charge in [-0.05, 0) is 42.8 Å². The van der Waals surface area contributed by atoms with E-state index in [0.717, 1.165) is 36.3 Å². The van der Waals surface area contributed by atoms with Crippen molar-refractivity contribution in [2.45, 2.75) is 32.8 Å². The number of hydroxylamine groups is 1. The number of nitrogens with zero attached hydrogens (tertiary/aromatic N) is 4. The van der Waals surface area contributed by atoms with Gasteiger partial charge in [-0.1, -0.05) is 5.06 Å². The minimum absolute atomic E-state index is 0.0636. The Morgan fingerprint density at radius 3 is 2.76 bits per heavy atom. The number of hydrogen-bond acceptors (Lipinski definition) is 9. The molecule has 1 fully saturated rings. The molecule has 0 unspecified atom stereocenters. The van der Waals surface area contributed by atoms with Crippen molar-refractivity contribution in [1.29, 1.82) is 0 Å². The molecule has 0 radical (unpaired) electrons. The van der Waals surface area contributed by atoms with Gasteiger partial charge in [0.1, 0.15) is 6.10 Å². The van der Waals surface area contributed by atoms with Crippen molar-refractivity contribution in [3.63, 3.8) is 0 Å². The molecule has 1 saturated heterocycles. The third kappa shape index (κ3) is 4.34. The van der Waals surface area contributed by atoms with E-state index in [1.54, 1.807) is 12.3 Å². The molecule has 3 N–H and O–H groups in total. The van der Waals surface area contributed by atoms with Crippen LogP contribution in [0.5, 0.6) is 0 Å². The number of ether oxygens (including phenoxy) is 1. The fraction of sp³-hybridized carbons (Fsp3) is 0.320. The molecular weight excluding hydrogens is 483 g/mol. The molecule has 4 heterocycles. The first-order valence-corrected chi connectivity index (χ1v) is 11.8. The summed E-state index contributed by atoms with van der Waals surface area (Å²) >= 11 is 0. The fourth-order valence-corrected chi connectivity index (χ4v) is 4.61. The highest BCUT2D eigenvalue weighted by Crippen LogP contribution is 2.38. The van der Waals surface area contributed by atoms with Gasteiger partial charge in [0.25, 0.3) is 0 Å². The molecule has 11 nitrogen and oxygen atoms in total. The molecule has 37 heavy (non-hydrogen) atoms. The first-order chi connectivity index (χ1) is 17.8. The zero-order valence-corrected chi connectivity index (χ0v) is 20.3. The number of nitrogens with one attached hydrogen (secondary N) is 1. The molecule has 5 rings (SSSR count). The van der Waals surface area contributed by atoms with Crippen LogP contribution in [0.1, 0.15) is 24.6 Å². The number of benzene rings is 1. The highest BCUT2D eigenvalue weighted by atomic mass is 19.1. The van der Waals surface area contributed by atoms with Crippen LogP contribution in [0.25, 0.3) is 21.9 Å². The van der Waals surface area contributed by atoms with E-state index in [0.29, 0.717) is 21.4 Å². The highest BCUT2D eigenvalue weighted by molar-refractivity contribution is 5.99. The van der Waals surface area contributed by atoms with Gasteiger partial charge < -0.3 is 25.5 Å². The average molecular weight is 509 g/mol. The lowest BCUT2D eigenvalue weighted by molar-refractivity contribution is -0.139. The van der Waals surface area contributed by atoms with E-state index in [-0.39, 0.29) is 42.5 Å². The van der Waals surface area contributed by atoms with E-state index in [9.17, 15) is 14.4 Å². The van der Waals surface area contributed by atoms with Crippen LogP contribution in [0, 0.1) is 12.7 Å². The second kappa shape index (κ2) is 9.52. The van der Waals surface area contributed by atoms with Gasteiger partial charge in [0.05, 0.1) is 30.2 Å². The van der Waals surface area contributed by atoms with Gasteiger partial charge in [-0.25, -0.2) is 14.2 Å². The maximum Gasteiger partial charge on any atom is 0.450 e. The van der Waals surface area contributed by atoms with E-state index in [4.69, 9.17) is 15.3 Å². The Morgan fingerprint density at radius 1 is 1.24 bits per heavy atom. The van der Waals surface area contributed by atoms with E-state index >= 15 is 4.39 Å². The van der Waals surface area contributed by atoms with Gasteiger partial charge in [-0.2, -0.15) is 0 Å². The first kappa shape index (κ1) is 24.2. The Labute approximate surface area is 211 Å². The van der Waals surface area contributed by atoms with Gasteiger partial charge in [-0.3, -0.25) is 14.6 Å². The number of carbonyl (C=O) groups is 3. The van der Waals surface area contributed by atoms with Crippen molar-refractivity contribution >= 4 is 46.4 Å². The number of halogens is 1. The van der Waals surface area contributed by atoms with Crippen molar-refractivity contribution in [1.82, 2.24) is 14.9 Å². The second-order valence-electron chi connectivity index (χ2n) is 8.99. The third-order valence-electron chi connectivity index (χ3n) is 6.67. The summed E-state index contributed by atoms with van der Waals surface area (Å²) in [6.45, 7) is 4.67. The molecule has 0 spiro atoms. The number of carbonyl (C=O) groups excluding carboxylic acids is 3. The molecule has 0 bridgehead atoms. The van der Waals surface area contributed by atoms with Crippen LogP contribution in [0.2, 0.25) is 0 Å². The smallest absolute Gasteiger partial charge is 0.440 e. The molecule has 2 amide bonds. The molecule has 2 aromatic heterocycles. The molecule has 3 aromatic rings. The van der Waals surface area contributed by atoms with Crippen LogP contribution in [0.3, 0.4) is 0 Å². The summed E-state index contributed by atoms with van der Waals surface area (Å²) in [5.74, 6) is -0.806. The van der Waals surface area contributed by atoms with E-state index in [2.05, 4.69) is 15.3 Å². The van der Waals surface area contributed by atoms with Crippen molar-refractivity contribution < 1.29 is 28.3 Å². The van der Waals surface area contributed by atoms with E-state index in [1.807, 2.05) is 6.92 Å². The number of nitrogens with two attached hydrogens (primary N) is 1. The predicted molar refractivity (Wildman–Crippen MR) is 133 cm³/mol. The molecule has 2 aliphatic rings. The maximum absolute atomic E-state index is 15.4. The zero-order chi connectivity index (χ0) is 26.3. The molecule has 1 aromatic carbocycles. The Kier molecular flexibility index (Phi) is 6.24. The number of likely N-dealkylation sites (tertiary alicyclic amines) is 1. The number of hydrogen-bond donors (Lipinski definition) is 2. The number of rotatable bonds is 5. The van der Waals surface area contributed by atoms with Gasteiger partial charge in [-0.15, -0.1) is 0 Å². The molecule has 2 aliphatic heterocycles. The first-order valence-electron chi connectivity index (χ1n) is 11.8. The number of pyridine rings is 2. The lowest BCUT2D eigenvalue weighted by Gasteiger charge is -2.38. The Hall–Kier alpha value is -4.48. The molecule has 0 aliphatic carbocycles. The second-order valence-corrected chi connectivity index (χ2v) is 8.99. The van der Waals surface area contributed by atoms with Crippen LogP contribution >= 0.6 is 0 Å². The van der Waals surface area contributed by atoms with Crippen LogP contribution in [0.4, 0.5) is 26.4 Å². The van der Waals surface area contributed by atoms with Crippen LogP contribution in [-0.4, -0.2) is 59.1 Å². The molecule has 0 atom stereocenters. The monoisotopic (exact) mass is 508 g/mol. The summed E-state index contributed by atoms with van der Waals surface area (Å²) in [5.41, 5.74) is 9.54. The summed E-state index contributed by atoms with van der Waals surface area (Å²) in [6, 6.07) is 3.04. The highest BCUT2D eigenvalue weighted by Gasteiger charge is 2.34. The van der Waals surface area contributed by atoms with Crippen molar-refractivity contribution in [3.05, 3.63) is 41.6 Å². The zero-order valence-electron chi connectivity index (χ0n) is 20.3. The van der Waals surface area contributed by atoms with Gasteiger partial charge >= 0.3 is 12.6 Å². The largest absolute Gasteiger partial charge is 0.450 e. The minimum atomic E-state index is -0.983. The Bertz CT molecular complexity index is 1420. The third-order valence-corrected chi connectivity index (χ3v) is 6.67. The summed E-state index contributed by atoms with van der Waals surface area (Å²) in [4.78, 5) is 50.2. The lowest BCUT2D eigenvalue weighted by Crippen LogP contribution is -2.55. The van der Waals surface area contributed by atoms with Crippen LogP contribution in [-0.2, 0) is 25.6 Å². The van der Waals surface area contributed by atoms with Crippen LogP contribution < -0.4 is 16.1 Å². The Balaban J connectivity index is 1.50. The number of nitrogen functional groups attached to an aromatic ring is 1. The van der Waals surface area contributed by atoms with E-state index in [1.165, 1.54) is 24.1 Å². The average Bonchev–Trinajstić information content (AvgIpc) is 2.86. The maximum atomic E-state index is 15.4. The normalized spacial score (nSPS) is 14.8. The quantitative estimate of drug-likeness (QED) is 0.302. The van der Waals surface area contributed by atoms with E-state index < -0.39 is 18.0 Å². The number of aromatic nitrogens is 2.